The van der Waals surface area contributed by atoms with Crippen molar-refractivity contribution in [2.45, 2.75) is 64.7 Å². The molecule has 0 heterocycles. The maximum Gasteiger partial charge on any atom is 0.338 e. The monoisotopic (exact) mass is 438 g/mol. The Balaban J connectivity index is 0.00000341. The Bertz CT molecular complexity index is 911. The Kier molecular flexibility index (Phi) is 6.30. The molecule has 5 nitrogen and oxygen atoms in total. The highest BCUT2D eigenvalue weighted by atomic mass is 32.2. The highest BCUT2D eigenvalue weighted by Gasteiger charge is 2.54. The molecule has 0 aromatic heterocycles. The van der Waals surface area contributed by atoms with Crippen molar-refractivity contribution in [2.75, 3.05) is 20.0 Å². The quantitative estimate of drug-likeness (QED) is 0.577. The van der Waals surface area contributed by atoms with Crippen molar-refractivity contribution in [1.29, 1.82) is 0 Å². The molecule has 0 N–H and O–H groups in total. The number of rotatable bonds is 5. The number of hydrogen-bond acceptors (Lipinski definition) is 5. The van der Waals surface area contributed by atoms with Crippen LogP contribution in [0.25, 0.3) is 0 Å². The van der Waals surface area contributed by atoms with Gasteiger partial charge < -0.3 is 9.47 Å². The van der Waals surface area contributed by atoms with Crippen molar-refractivity contribution in [3.63, 3.8) is 0 Å². The lowest BCUT2D eigenvalue weighted by molar-refractivity contribution is -0.0855. The van der Waals surface area contributed by atoms with Crippen molar-refractivity contribution in [3.05, 3.63) is 23.8 Å². The molecule has 3 rings (SSSR count). The third-order valence-corrected chi connectivity index (χ3v) is 9.77. The first-order valence-corrected chi connectivity index (χ1v) is 12.6. The standard InChI is InChI=1S/C24H36O5S.H2/c1-16-8-9-21-23(2,3)10-7-11-24(21,4)20(16)15-30(26,27)19-13-17(22(25)29-6)12-18(14-19)28-5;/h12-14,16,20-21H,7-11,15H2,1-6H3;1H/t16-,20-,21?,24+;/m0./s1. The normalized spacial score (nSPS) is 30.9. The summed E-state index contributed by atoms with van der Waals surface area (Å²) in [5.41, 5.74) is 0.440. The molecular weight excluding hydrogens is 400 g/mol. The van der Waals surface area contributed by atoms with Gasteiger partial charge in [0.1, 0.15) is 5.75 Å². The van der Waals surface area contributed by atoms with Crippen LogP contribution in [0.15, 0.2) is 23.1 Å². The van der Waals surface area contributed by atoms with E-state index in [1.54, 1.807) is 0 Å². The number of sulfone groups is 1. The number of methoxy groups -OCH3 is 2. The Morgan fingerprint density at radius 1 is 1.13 bits per heavy atom. The number of esters is 1. The van der Waals surface area contributed by atoms with Crippen LogP contribution in [0.2, 0.25) is 0 Å². The molecule has 0 saturated heterocycles. The first-order chi connectivity index (χ1) is 13.9. The van der Waals surface area contributed by atoms with Crippen molar-refractivity contribution in [2.24, 2.45) is 28.6 Å². The minimum atomic E-state index is -3.60. The fourth-order valence-electron chi connectivity index (χ4n) is 6.40. The van der Waals surface area contributed by atoms with Gasteiger partial charge >= 0.3 is 5.97 Å². The molecule has 2 saturated carbocycles. The van der Waals surface area contributed by atoms with Crippen LogP contribution < -0.4 is 4.74 Å². The van der Waals surface area contributed by atoms with Crippen LogP contribution in [-0.4, -0.2) is 34.4 Å². The zero-order chi connectivity index (χ0) is 22.3. The summed E-state index contributed by atoms with van der Waals surface area (Å²) in [6.45, 7) is 9.22. The average Bonchev–Trinajstić information content (AvgIpc) is 2.69. The van der Waals surface area contributed by atoms with Gasteiger partial charge in [-0.2, -0.15) is 0 Å². The van der Waals surface area contributed by atoms with Gasteiger partial charge in [-0.15, -0.1) is 0 Å². The topological polar surface area (TPSA) is 69.7 Å². The lowest BCUT2D eigenvalue weighted by Crippen LogP contribution is -2.52. The van der Waals surface area contributed by atoms with E-state index in [1.807, 2.05) is 0 Å². The highest BCUT2D eigenvalue weighted by molar-refractivity contribution is 7.91. The van der Waals surface area contributed by atoms with Crippen LogP contribution in [0.3, 0.4) is 0 Å². The maximum absolute atomic E-state index is 13.5. The van der Waals surface area contributed by atoms with E-state index >= 15 is 0 Å². The lowest BCUT2D eigenvalue weighted by atomic mass is 9.47. The van der Waals surface area contributed by atoms with E-state index in [9.17, 15) is 13.2 Å². The molecule has 1 aromatic carbocycles. The van der Waals surface area contributed by atoms with Gasteiger partial charge in [0.2, 0.25) is 0 Å². The molecular formula is C24H38O5S. The molecule has 0 aliphatic heterocycles. The van der Waals surface area contributed by atoms with E-state index in [0.29, 0.717) is 17.6 Å². The lowest BCUT2D eigenvalue weighted by Gasteiger charge is -2.59. The molecule has 170 valence electrons. The summed E-state index contributed by atoms with van der Waals surface area (Å²) in [6, 6.07) is 4.44. The third kappa shape index (κ3) is 4.12. The summed E-state index contributed by atoms with van der Waals surface area (Å²) in [5, 5.41) is 0. The number of fused-ring (bicyclic) bond motifs is 1. The smallest absolute Gasteiger partial charge is 0.338 e. The van der Waals surface area contributed by atoms with Gasteiger partial charge in [-0.25, -0.2) is 13.2 Å². The maximum atomic E-state index is 13.5. The van der Waals surface area contributed by atoms with Crippen molar-refractivity contribution >= 4 is 15.8 Å². The van der Waals surface area contributed by atoms with Crippen molar-refractivity contribution in [3.8, 4) is 5.75 Å². The first-order valence-electron chi connectivity index (χ1n) is 10.9. The van der Waals surface area contributed by atoms with Crippen LogP contribution in [0.4, 0.5) is 0 Å². The molecule has 2 aliphatic rings. The summed E-state index contributed by atoms with van der Waals surface area (Å²) in [5.74, 6) is 0.846. The second kappa shape index (κ2) is 8.18. The number of hydrogen-bond donors (Lipinski definition) is 0. The molecule has 0 bridgehead atoms. The Labute approximate surface area is 182 Å². The molecule has 6 heteroatoms. The van der Waals surface area contributed by atoms with E-state index in [4.69, 9.17) is 9.47 Å². The van der Waals surface area contributed by atoms with Crippen LogP contribution in [0, 0.1) is 28.6 Å². The number of benzene rings is 1. The average molecular weight is 439 g/mol. The van der Waals surface area contributed by atoms with Gasteiger partial charge in [0, 0.05) is 1.43 Å². The summed E-state index contributed by atoms with van der Waals surface area (Å²) in [6.07, 6.45) is 5.67. The van der Waals surface area contributed by atoms with Gasteiger partial charge in [0.05, 0.1) is 30.4 Å². The zero-order valence-electron chi connectivity index (χ0n) is 19.2. The third-order valence-electron chi connectivity index (χ3n) is 8.02. The number of ether oxygens (including phenoxy) is 2. The molecule has 2 fully saturated rings. The van der Waals surface area contributed by atoms with Crippen molar-refractivity contribution in [1.82, 2.24) is 0 Å². The van der Waals surface area contributed by atoms with Gasteiger partial charge in [0.25, 0.3) is 0 Å². The molecule has 2 aliphatic carbocycles. The number of carbonyl (C=O) groups excluding carboxylic acids is 1. The summed E-state index contributed by atoms with van der Waals surface area (Å²) >= 11 is 0. The molecule has 4 atom stereocenters. The molecule has 0 spiro atoms. The summed E-state index contributed by atoms with van der Waals surface area (Å²) < 4.78 is 37.1. The van der Waals surface area contributed by atoms with Crippen molar-refractivity contribution < 1.29 is 24.1 Å². The predicted molar refractivity (Wildman–Crippen MR) is 120 cm³/mol. The van der Waals surface area contributed by atoms with E-state index in [0.717, 1.165) is 19.3 Å². The van der Waals surface area contributed by atoms with Crippen LogP contribution in [0.1, 0.15) is 71.6 Å². The summed E-state index contributed by atoms with van der Waals surface area (Å²) in [7, 11) is -0.856. The molecule has 1 aromatic rings. The van der Waals surface area contributed by atoms with E-state index in [1.165, 1.54) is 45.3 Å². The zero-order valence-corrected chi connectivity index (χ0v) is 20.0. The largest absolute Gasteiger partial charge is 0.497 e. The number of carbonyl (C=O) groups is 1. The minimum Gasteiger partial charge on any atom is -0.497 e. The predicted octanol–water partition coefficient (Wildman–Crippen LogP) is 5.38. The molecule has 1 unspecified atom stereocenters. The molecule has 30 heavy (non-hydrogen) atoms. The summed E-state index contributed by atoms with van der Waals surface area (Å²) in [4.78, 5) is 12.2. The molecule has 0 radical (unpaired) electrons. The van der Waals surface area contributed by atoms with E-state index in [2.05, 4.69) is 27.7 Å². The minimum absolute atomic E-state index is 0. The first kappa shape index (κ1) is 23.1. The van der Waals surface area contributed by atoms with Gasteiger partial charge in [-0.05, 0) is 66.0 Å². The second-order valence-corrected chi connectivity index (χ2v) is 12.3. The van der Waals surface area contributed by atoms with E-state index < -0.39 is 15.8 Å². The Morgan fingerprint density at radius 2 is 1.83 bits per heavy atom. The van der Waals surface area contributed by atoms with E-state index in [-0.39, 0.29) is 34.4 Å². The second-order valence-electron chi connectivity index (χ2n) is 10.2. The van der Waals surface area contributed by atoms with Gasteiger partial charge in [0.15, 0.2) is 9.84 Å². The fourth-order valence-corrected chi connectivity index (χ4v) is 8.38. The van der Waals surface area contributed by atoms with Gasteiger partial charge in [-0.3, -0.25) is 0 Å². The Morgan fingerprint density at radius 3 is 2.47 bits per heavy atom. The van der Waals surface area contributed by atoms with Crippen LogP contribution >= 0.6 is 0 Å². The molecule has 0 amide bonds. The van der Waals surface area contributed by atoms with Crippen LogP contribution in [-0.2, 0) is 14.6 Å². The van der Waals surface area contributed by atoms with Crippen LogP contribution in [0.5, 0.6) is 5.75 Å². The Hall–Kier alpha value is -1.56. The van der Waals surface area contributed by atoms with Gasteiger partial charge in [-0.1, -0.05) is 40.5 Å². The SMILES string of the molecule is COC(=O)c1cc(OC)cc(S(=O)(=O)C[C@H]2[C@@H](C)CCC3C(C)(C)CCC[C@@]32C)c1.[HH]. The fraction of sp³-hybridized carbons (Fsp3) is 0.708. The highest BCUT2D eigenvalue weighted by Crippen LogP contribution is 2.61.